The number of benzene rings is 1. The number of aliphatic hydroxyl groups is 1. The summed E-state index contributed by atoms with van der Waals surface area (Å²) in [6.07, 6.45) is 3.52. The van der Waals surface area contributed by atoms with Gasteiger partial charge in [-0.1, -0.05) is 18.0 Å². The molecule has 0 spiro atoms. The van der Waals surface area contributed by atoms with E-state index >= 15 is 0 Å². The van der Waals surface area contributed by atoms with E-state index in [2.05, 4.69) is 5.32 Å². The van der Waals surface area contributed by atoms with E-state index in [1.807, 2.05) is 25.2 Å². The molecule has 0 saturated heterocycles. The van der Waals surface area contributed by atoms with Crippen molar-refractivity contribution in [1.82, 2.24) is 5.32 Å². The molecule has 1 aliphatic rings. The van der Waals surface area contributed by atoms with Gasteiger partial charge < -0.3 is 15.2 Å². The fourth-order valence-electron chi connectivity index (χ4n) is 2.37. The van der Waals surface area contributed by atoms with Crippen molar-refractivity contribution in [2.45, 2.75) is 44.4 Å². The molecule has 2 unspecified atom stereocenters. The Bertz CT molecular complexity index is 397. The lowest BCUT2D eigenvalue weighted by atomic mass is 9.95. The molecule has 0 aliphatic heterocycles. The largest absolute Gasteiger partial charge is 0.487 e. The van der Waals surface area contributed by atoms with E-state index in [1.54, 1.807) is 0 Å². The van der Waals surface area contributed by atoms with Crippen molar-refractivity contribution in [2.24, 2.45) is 0 Å². The summed E-state index contributed by atoms with van der Waals surface area (Å²) in [5.41, 5.74) is 1.03. The molecule has 2 atom stereocenters. The van der Waals surface area contributed by atoms with E-state index in [9.17, 15) is 5.11 Å². The molecule has 1 saturated carbocycles. The second-order valence-electron chi connectivity index (χ2n) is 4.79. The van der Waals surface area contributed by atoms with E-state index in [4.69, 9.17) is 16.3 Å². The highest BCUT2D eigenvalue weighted by atomic mass is 35.5. The van der Waals surface area contributed by atoms with Gasteiger partial charge in [-0.25, -0.2) is 0 Å². The summed E-state index contributed by atoms with van der Waals surface area (Å²) >= 11 is 5.99. The number of hydrogen-bond acceptors (Lipinski definition) is 3. The van der Waals surface area contributed by atoms with Gasteiger partial charge in [0.15, 0.2) is 0 Å². The van der Waals surface area contributed by atoms with Crippen molar-refractivity contribution in [3.8, 4) is 5.75 Å². The standard InChI is InChI=1S/C14H20ClNO2/c1-16-9-10-8-11(15)6-7-13(10)18-14-5-3-2-4-12(14)17/h6-8,12,14,16-17H,2-5,9H2,1H3. The van der Waals surface area contributed by atoms with Gasteiger partial charge in [0.2, 0.25) is 0 Å². The number of aliphatic hydroxyl groups excluding tert-OH is 1. The molecule has 1 aliphatic carbocycles. The molecule has 18 heavy (non-hydrogen) atoms. The van der Waals surface area contributed by atoms with E-state index in [1.165, 1.54) is 0 Å². The summed E-state index contributed by atoms with van der Waals surface area (Å²) in [6.45, 7) is 0.707. The lowest BCUT2D eigenvalue weighted by Gasteiger charge is -2.29. The first kappa shape index (κ1) is 13.7. The van der Waals surface area contributed by atoms with Gasteiger partial charge >= 0.3 is 0 Å². The monoisotopic (exact) mass is 269 g/mol. The zero-order valence-electron chi connectivity index (χ0n) is 10.7. The summed E-state index contributed by atoms with van der Waals surface area (Å²) in [6, 6.07) is 5.62. The van der Waals surface area contributed by atoms with E-state index in [0.29, 0.717) is 11.6 Å². The average molecular weight is 270 g/mol. The number of halogens is 1. The molecule has 3 nitrogen and oxygen atoms in total. The fourth-order valence-corrected chi connectivity index (χ4v) is 2.56. The van der Waals surface area contributed by atoms with Gasteiger partial charge in [0.1, 0.15) is 11.9 Å². The molecule has 2 N–H and O–H groups in total. The third kappa shape index (κ3) is 3.37. The highest BCUT2D eigenvalue weighted by molar-refractivity contribution is 6.30. The lowest BCUT2D eigenvalue weighted by Crippen LogP contribution is -2.35. The second kappa shape index (κ2) is 6.41. The molecular formula is C14H20ClNO2. The van der Waals surface area contributed by atoms with Gasteiger partial charge in [-0.05, 0) is 44.5 Å². The highest BCUT2D eigenvalue weighted by Gasteiger charge is 2.25. The van der Waals surface area contributed by atoms with Gasteiger partial charge in [-0.2, -0.15) is 0 Å². The van der Waals surface area contributed by atoms with Crippen LogP contribution in [0.2, 0.25) is 5.02 Å². The van der Waals surface area contributed by atoms with Crippen LogP contribution in [-0.4, -0.2) is 24.4 Å². The van der Waals surface area contributed by atoms with Gasteiger partial charge in [-0.3, -0.25) is 0 Å². The van der Waals surface area contributed by atoms with Crippen LogP contribution in [0.5, 0.6) is 5.75 Å². The van der Waals surface area contributed by atoms with Gasteiger partial charge in [0.25, 0.3) is 0 Å². The van der Waals surface area contributed by atoms with Crippen LogP contribution in [0.15, 0.2) is 18.2 Å². The molecule has 0 heterocycles. The maximum Gasteiger partial charge on any atom is 0.124 e. The summed E-state index contributed by atoms with van der Waals surface area (Å²) in [5, 5.41) is 13.7. The number of hydrogen-bond donors (Lipinski definition) is 2. The summed E-state index contributed by atoms with van der Waals surface area (Å²) < 4.78 is 5.96. The normalized spacial score (nSPS) is 23.9. The molecular weight excluding hydrogens is 250 g/mol. The maximum atomic E-state index is 9.94. The third-order valence-corrected chi connectivity index (χ3v) is 3.57. The molecule has 2 rings (SSSR count). The number of ether oxygens (including phenoxy) is 1. The fraction of sp³-hybridized carbons (Fsp3) is 0.571. The summed E-state index contributed by atoms with van der Waals surface area (Å²) in [4.78, 5) is 0. The van der Waals surface area contributed by atoms with Crippen molar-refractivity contribution in [2.75, 3.05) is 7.05 Å². The zero-order valence-corrected chi connectivity index (χ0v) is 11.4. The maximum absolute atomic E-state index is 9.94. The van der Waals surface area contributed by atoms with Crippen molar-refractivity contribution in [3.63, 3.8) is 0 Å². The number of rotatable bonds is 4. The van der Waals surface area contributed by atoms with Gasteiger partial charge in [0, 0.05) is 17.1 Å². The first-order valence-corrected chi connectivity index (χ1v) is 6.86. The van der Waals surface area contributed by atoms with Crippen LogP contribution in [0.4, 0.5) is 0 Å². The van der Waals surface area contributed by atoms with E-state index in [0.717, 1.165) is 37.0 Å². The van der Waals surface area contributed by atoms with Crippen LogP contribution in [-0.2, 0) is 6.54 Å². The minimum absolute atomic E-state index is 0.0875. The molecule has 0 amide bonds. The SMILES string of the molecule is CNCc1cc(Cl)ccc1OC1CCCCC1O. The van der Waals surface area contributed by atoms with Crippen molar-refractivity contribution in [1.29, 1.82) is 0 Å². The van der Waals surface area contributed by atoms with Gasteiger partial charge in [0.05, 0.1) is 6.10 Å². The van der Waals surface area contributed by atoms with Crippen LogP contribution < -0.4 is 10.1 Å². The smallest absolute Gasteiger partial charge is 0.124 e. The molecule has 100 valence electrons. The molecule has 1 fully saturated rings. The molecule has 0 bridgehead atoms. The lowest BCUT2D eigenvalue weighted by molar-refractivity contribution is 0.00637. The Morgan fingerprint density at radius 2 is 2.17 bits per heavy atom. The first-order valence-electron chi connectivity index (χ1n) is 6.48. The van der Waals surface area contributed by atoms with Crippen LogP contribution in [0.1, 0.15) is 31.2 Å². The predicted octanol–water partition coefficient (Wildman–Crippen LogP) is 2.74. The highest BCUT2D eigenvalue weighted by Crippen LogP contribution is 2.28. The summed E-state index contributed by atoms with van der Waals surface area (Å²) in [5.74, 6) is 0.819. The molecule has 0 radical (unpaired) electrons. The second-order valence-corrected chi connectivity index (χ2v) is 5.23. The Balaban J connectivity index is 2.11. The van der Waals surface area contributed by atoms with Crippen LogP contribution in [0, 0.1) is 0 Å². The first-order chi connectivity index (χ1) is 8.70. The summed E-state index contributed by atoms with van der Waals surface area (Å²) in [7, 11) is 1.89. The number of nitrogens with one attached hydrogen (secondary N) is 1. The molecule has 1 aromatic rings. The zero-order chi connectivity index (χ0) is 13.0. The Kier molecular flexibility index (Phi) is 4.87. The Labute approximate surface area is 113 Å². The Morgan fingerprint density at radius 3 is 2.89 bits per heavy atom. The van der Waals surface area contributed by atoms with Crippen LogP contribution in [0.3, 0.4) is 0 Å². The van der Waals surface area contributed by atoms with E-state index < -0.39 is 0 Å². The quantitative estimate of drug-likeness (QED) is 0.883. The Hall–Kier alpha value is -0.770. The van der Waals surface area contributed by atoms with Gasteiger partial charge in [-0.15, -0.1) is 0 Å². The third-order valence-electron chi connectivity index (χ3n) is 3.34. The average Bonchev–Trinajstić information content (AvgIpc) is 2.35. The minimum atomic E-state index is -0.350. The topological polar surface area (TPSA) is 41.5 Å². The Morgan fingerprint density at radius 1 is 1.39 bits per heavy atom. The van der Waals surface area contributed by atoms with Crippen molar-refractivity contribution in [3.05, 3.63) is 28.8 Å². The predicted molar refractivity (Wildman–Crippen MR) is 73.1 cm³/mol. The van der Waals surface area contributed by atoms with Crippen LogP contribution >= 0.6 is 11.6 Å². The molecule has 0 aromatic heterocycles. The molecule has 4 heteroatoms. The van der Waals surface area contributed by atoms with Crippen LogP contribution in [0.25, 0.3) is 0 Å². The van der Waals surface area contributed by atoms with Crippen molar-refractivity contribution >= 4 is 11.6 Å². The minimum Gasteiger partial charge on any atom is -0.487 e. The molecule has 1 aromatic carbocycles. The van der Waals surface area contributed by atoms with Crippen molar-refractivity contribution < 1.29 is 9.84 Å². The van der Waals surface area contributed by atoms with E-state index in [-0.39, 0.29) is 12.2 Å².